The quantitative estimate of drug-likeness (QED) is 0.783. The lowest BCUT2D eigenvalue weighted by atomic mass is 9.96. The second-order valence-electron chi connectivity index (χ2n) is 5.35. The van der Waals surface area contributed by atoms with E-state index in [1.807, 2.05) is 0 Å². The number of carbonyl (C=O) groups excluding carboxylic acids is 1. The van der Waals surface area contributed by atoms with Gasteiger partial charge in [0.2, 0.25) is 5.91 Å². The molecule has 0 aliphatic heterocycles. The van der Waals surface area contributed by atoms with Gasteiger partial charge in [-0.3, -0.25) is 4.79 Å². The smallest absolute Gasteiger partial charge is 0.240 e. The molecule has 0 spiro atoms. The zero-order valence-corrected chi connectivity index (χ0v) is 10.8. The van der Waals surface area contributed by atoms with Crippen LogP contribution in [0.3, 0.4) is 0 Å². The van der Waals surface area contributed by atoms with Gasteiger partial charge in [-0.25, -0.2) is 0 Å². The number of halogens is 1. The molecule has 16 heavy (non-hydrogen) atoms. The van der Waals surface area contributed by atoms with Crippen LogP contribution in [-0.4, -0.2) is 17.5 Å². The Morgan fingerprint density at radius 3 is 2.38 bits per heavy atom. The topological polar surface area (TPSA) is 55.1 Å². The fourth-order valence-electron chi connectivity index (χ4n) is 2.90. The van der Waals surface area contributed by atoms with Crippen molar-refractivity contribution in [3.63, 3.8) is 0 Å². The molecule has 94 valence electrons. The number of hydrogen-bond acceptors (Lipinski definition) is 2. The molecule has 3 nitrogen and oxygen atoms in total. The van der Waals surface area contributed by atoms with Crippen LogP contribution in [-0.2, 0) is 4.79 Å². The van der Waals surface area contributed by atoms with E-state index in [0.29, 0.717) is 12.0 Å². The molecule has 0 aromatic rings. The third kappa shape index (κ3) is 2.69. The monoisotopic (exact) mass is 246 g/mol. The van der Waals surface area contributed by atoms with Crippen LogP contribution in [0, 0.1) is 5.92 Å². The lowest BCUT2D eigenvalue weighted by molar-refractivity contribution is -0.127. The fraction of sp³-hybridized carbons (Fsp3) is 0.917. The molecule has 4 heteroatoms. The number of amides is 1. The maximum Gasteiger partial charge on any atom is 0.240 e. The summed E-state index contributed by atoms with van der Waals surface area (Å²) in [4.78, 5) is 12.0. The van der Waals surface area contributed by atoms with Gasteiger partial charge in [0.1, 0.15) is 0 Å². The Hall–Kier alpha value is -0.280. The van der Waals surface area contributed by atoms with Gasteiger partial charge in [-0.1, -0.05) is 26.2 Å². The summed E-state index contributed by atoms with van der Waals surface area (Å²) in [5.74, 6) is 0.720. The third-order valence-electron chi connectivity index (χ3n) is 4.13. The molecule has 3 N–H and O–H groups in total. The van der Waals surface area contributed by atoms with Crippen molar-refractivity contribution in [2.75, 3.05) is 0 Å². The van der Waals surface area contributed by atoms with E-state index in [1.165, 1.54) is 12.8 Å². The summed E-state index contributed by atoms with van der Waals surface area (Å²) >= 11 is 0. The van der Waals surface area contributed by atoms with Crippen LogP contribution >= 0.6 is 12.4 Å². The van der Waals surface area contributed by atoms with Crippen molar-refractivity contribution in [2.24, 2.45) is 11.7 Å². The summed E-state index contributed by atoms with van der Waals surface area (Å²) in [5, 5.41) is 3.15. The number of carbonyl (C=O) groups is 1. The number of rotatable bonds is 2. The summed E-state index contributed by atoms with van der Waals surface area (Å²) in [6.07, 6.45) is 7.53. The van der Waals surface area contributed by atoms with Crippen molar-refractivity contribution in [1.82, 2.24) is 5.32 Å². The molecule has 0 aromatic heterocycles. The molecule has 0 saturated heterocycles. The predicted molar refractivity (Wildman–Crippen MR) is 67.6 cm³/mol. The normalized spacial score (nSPS) is 32.1. The van der Waals surface area contributed by atoms with E-state index < -0.39 is 5.54 Å². The maximum atomic E-state index is 12.0. The van der Waals surface area contributed by atoms with Crippen LogP contribution in [0.25, 0.3) is 0 Å². The Morgan fingerprint density at radius 2 is 1.88 bits per heavy atom. The molecule has 2 atom stereocenters. The van der Waals surface area contributed by atoms with Crippen LogP contribution in [0.15, 0.2) is 0 Å². The van der Waals surface area contributed by atoms with E-state index in [1.54, 1.807) is 0 Å². The highest BCUT2D eigenvalue weighted by molar-refractivity contribution is 5.86. The lowest BCUT2D eigenvalue weighted by Gasteiger charge is -2.26. The van der Waals surface area contributed by atoms with Crippen molar-refractivity contribution in [1.29, 1.82) is 0 Å². The highest BCUT2D eigenvalue weighted by atomic mass is 35.5. The molecule has 2 unspecified atom stereocenters. The minimum atomic E-state index is -0.553. The fourth-order valence-corrected chi connectivity index (χ4v) is 2.90. The highest BCUT2D eigenvalue weighted by Crippen LogP contribution is 2.29. The summed E-state index contributed by atoms with van der Waals surface area (Å²) in [6, 6.07) is 0.374. The summed E-state index contributed by atoms with van der Waals surface area (Å²) in [5.41, 5.74) is 5.56. The van der Waals surface area contributed by atoms with Crippen LogP contribution in [0.2, 0.25) is 0 Å². The Bertz CT molecular complexity index is 251. The molecule has 0 aromatic carbocycles. The zero-order valence-electron chi connectivity index (χ0n) is 10.00. The Balaban J connectivity index is 0.00000128. The summed E-state index contributed by atoms with van der Waals surface area (Å²) in [6.45, 7) is 2.22. The SMILES string of the molecule is CC1CCCC1NC(=O)C1(N)CCCC1.Cl. The lowest BCUT2D eigenvalue weighted by Crippen LogP contribution is -2.54. The van der Waals surface area contributed by atoms with Gasteiger partial charge in [0.05, 0.1) is 5.54 Å². The summed E-state index contributed by atoms with van der Waals surface area (Å²) < 4.78 is 0. The first-order valence-electron chi connectivity index (χ1n) is 6.22. The molecule has 2 aliphatic carbocycles. The van der Waals surface area contributed by atoms with E-state index in [9.17, 15) is 4.79 Å². The van der Waals surface area contributed by atoms with Gasteiger partial charge < -0.3 is 11.1 Å². The minimum absolute atomic E-state index is 0. The van der Waals surface area contributed by atoms with E-state index in [0.717, 1.165) is 32.1 Å². The third-order valence-corrected chi connectivity index (χ3v) is 4.13. The van der Waals surface area contributed by atoms with Crippen LogP contribution in [0.1, 0.15) is 51.9 Å². The van der Waals surface area contributed by atoms with Gasteiger partial charge in [-0.2, -0.15) is 0 Å². The molecule has 0 bridgehead atoms. The standard InChI is InChI=1S/C12H22N2O.ClH/c1-9-5-4-6-10(9)14-11(15)12(13)7-2-3-8-12;/h9-10H,2-8,13H2,1H3,(H,14,15);1H. The number of nitrogens with one attached hydrogen (secondary N) is 1. The first-order chi connectivity index (χ1) is 7.12. The molecule has 2 aliphatic rings. The molecule has 1 amide bonds. The first-order valence-corrected chi connectivity index (χ1v) is 6.22. The van der Waals surface area contributed by atoms with E-state index in [-0.39, 0.29) is 18.3 Å². The molecule has 0 radical (unpaired) electrons. The van der Waals surface area contributed by atoms with Crippen molar-refractivity contribution in [2.45, 2.75) is 63.5 Å². The van der Waals surface area contributed by atoms with Gasteiger partial charge in [0.25, 0.3) is 0 Å². The molecule has 0 heterocycles. The van der Waals surface area contributed by atoms with Crippen LogP contribution < -0.4 is 11.1 Å². The van der Waals surface area contributed by atoms with Crippen LogP contribution in [0.4, 0.5) is 0 Å². The van der Waals surface area contributed by atoms with Crippen molar-refractivity contribution >= 4 is 18.3 Å². The molecule has 2 saturated carbocycles. The second kappa shape index (κ2) is 5.37. The maximum absolute atomic E-state index is 12.0. The molecular weight excluding hydrogens is 224 g/mol. The second-order valence-corrected chi connectivity index (χ2v) is 5.35. The minimum Gasteiger partial charge on any atom is -0.352 e. The largest absolute Gasteiger partial charge is 0.352 e. The molecular formula is C12H23ClN2O. The van der Waals surface area contributed by atoms with Crippen LogP contribution in [0.5, 0.6) is 0 Å². The van der Waals surface area contributed by atoms with Crippen molar-refractivity contribution in [3.8, 4) is 0 Å². The van der Waals surface area contributed by atoms with Gasteiger partial charge in [0, 0.05) is 6.04 Å². The summed E-state index contributed by atoms with van der Waals surface area (Å²) in [7, 11) is 0. The van der Waals surface area contributed by atoms with E-state index in [4.69, 9.17) is 5.73 Å². The van der Waals surface area contributed by atoms with E-state index >= 15 is 0 Å². The van der Waals surface area contributed by atoms with Gasteiger partial charge >= 0.3 is 0 Å². The van der Waals surface area contributed by atoms with Gasteiger partial charge in [-0.05, 0) is 31.6 Å². The first kappa shape index (κ1) is 13.8. The van der Waals surface area contributed by atoms with Crippen molar-refractivity contribution < 1.29 is 4.79 Å². The molecule has 2 rings (SSSR count). The average Bonchev–Trinajstić information content (AvgIpc) is 2.78. The number of nitrogens with two attached hydrogens (primary N) is 1. The predicted octanol–water partition coefficient (Wildman–Crippen LogP) is 1.98. The Morgan fingerprint density at radius 1 is 1.25 bits per heavy atom. The Labute approximate surface area is 104 Å². The average molecular weight is 247 g/mol. The highest BCUT2D eigenvalue weighted by Gasteiger charge is 2.38. The Kier molecular flexibility index (Phi) is 4.62. The number of hydrogen-bond donors (Lipinski definition) is 2. The van der Waals surface area contributed by atoms with Gasteiger partial charge in [-0.15, -0.1) is 12.4 Å². The van der Waals surface area contributed by atoms with Crippen molar-refractivity contribution in [3.05, 3.63) is 0 Å². The molecule has 2 fully saturated rings. The zero-order chi connectivity index (χ0) is 10.9. The van der Waals surface area contributed by atoms with E-state index in [2.05, 4.69) is 12.2 Å². The van der Waals surface area contributed by atoms with Gasteiger partial charge in [0.15, 0.2) is 0 Å².